The molecule has 0 amide bonds. The summed E-state index contributed by atoms with van der Waals surface area (Å²) in [5.74, 6) is -0.208. The Balaban J connectivity index is 0.000000184. The highest BCUT2D eigenvalue weighted by Crippen LogP contribution is 2.24. The number of ether oxygens (including phenoxy) is 2. The monoisotopic (exact) mass is 730 g/mol. The first-order chi connectivity index (χ1) is 24.2. The van der Waals surface area contributed by atoms with Gasteiger partial charge in [0.15, 0.2) is 0 Å². The molecule has 254 valence electrons. The molecule has 0 aliphatic carbocycles. The predicted octanol–water partition coefficient (Wildman–Crippen LogP) is 10.7. The number of rotatable bonds is 8. The number of aromatic carboxylic acids is 1. The normalized spacial score (nSPS) is 10.1. The molecule has 0 aliphatic rings. The molecule has 6 rings (SSSR count). The number of benzene rings is 6. The van der Waals surface area contributed by atoms with Crippen molar-refractivity contribution in [2.75, 3.05) is 7.11 Å². The minimum absolute atomic E-state index is 0.229. The van der Waals surface area contributed by atoms with Crippen LogP contribution in [0.2, 0.25) is 0 Å². The number of methoxy groups -OCH3 is 1. The molecule has 6 nitrogen and oxygen atoms in total. The Hall–Kier alpha value is -5.66. The molecule has 6 aromatic rings. The summed E-state index contributed by atoms with van der Waals surface area (Å²) < 4.78 is 10.3. The van der Waals surface area contributed by atoms with Crippen molar-refractivity contribution in [3.63, 3.8) is 0 Å². The summed E-state index contributed by atoms with van der Waals surface area (Å²) in [7, 11) is 1.38. The molecule has 0 heterocycles. The first-order valence-corrected chi connectivity index (χ1v) is 17.0. The van der Waals surface area contributed by atoms with Crippen LogP contribution in [0.3, 0.4) is 0 Å². The smallest absolute Gasteiger partial charge is 0.338 e. The van der Waals surface area contributed by atoms with E-state index in [1.807, 2.05) is 60.7 Å². The molecule has 0 aromatic heterocycles. The van der Waals surface area contributed by atoms with Gasteiger partial charge in [0.2, 0.25) is 0 Å². The lowest BCUT2D eigenvalue weighted by Crippen LogP contribution is -2.05. The summed E-state index contributed by atoms with van der Waals surface area (Å²) in [6, 6.07) is 46.0. The van der Waals surface area contributed by atoms with Crippen LogP contribution in [-0.2, 0) is 16.7 Å². The molecule has 7 heteroatoms. The molecule has 0 unspecified atom stereocenters. The second-order valence-corrected chi connectivity index (χ2v) is 11.9. The molecule has 0 fully saturated rings. The average Bonchev–Trinajstić information content (AvgIpc) is 3.15. The number of hydrogen-bond acceptors (Lipinski definition) is 5. The fourth-order valence-electron chi connectivity index (χ4n) is 4.85. The van der Waals surface area contributed by atoms with Gasteiger partial charge in [0.25, 0.3) is 0 Å². The maximum atomic E-state index is 11.2. The third kappa shape index (κ3) is 10.9. The standard InChI is InChI=1S/C21H18O3.C13H12O.C9H9BrO2/c1-15-6-8-16(9-7-15)17-10-12-19(13-11-17)24-14-18-4-2-3-5-20(18)21(22)23;1-10-2-4-11(5-3-10)12-6-8-13(14)9-7-12;1-12-9(11)8-5-3-2-4-7(8)6-10/h2-13H,14H2,1H3,(H,22,23);2-9,14H,1H3;2-5H,6H2,1H3. The van der Waals surface area contributed by atoms with Crippen molar-refractivity contribution >= 4 is 27.9 Å². The predicted molar refractivity (Wildman–Crippen MR) is 203 cm³/mol. The van der Waals surface area contributed by atoms with Crippen LogP contribution in [-0.4, -0.2) is 29.3 Å². The average molecular weight is 732 g/mol. The number of hydrogen-bond donors (Lipinski definition) is 2. The van der Waals surface area contributed by atoms with Gasteiger partial charge in [-0.05, 0) is 78.1 Å². The molecule has 0 radical (unpaired) electrons. The third-order valence-corrected chi connectivity index (χ3v) is 8.30. The van der Waals surface area contributed by atoms with E-state index >= 15 is 0 Å². The zero-order valence-electron chi connectivity index (χ0n) is 28.2. The van der Waals surface area contributed by atoms with E-state index < -0.39 is 5.97 Å². The number of aromatic hydroxyl groups is 1. The van der Waals surface area contributed by atoms with Gasteiger partial charge in [0.05, 0.1) is 18.2 Å². The first kappa shape index (κ1) is 37.2. The van der Waals surface area contributed by atoms with Gasteiger partial charge in [-0.3, -0.25) is 0 Å². The lowest BCUT2D eigenvalue weighted by Gasteiger charge is -2.09. The molecule has 0 bridgehead atoms. The molecule has 0 saturated carbocycles. The number of carboxylic acids is 1. The number of aryl methyl sites for hydroxylation is 2. The Bertz CT molecular complexity index is 1920. The highest BCUT2D eigenvalue weighted by Gasteiger charge is 2.10. The van der Waals surface area contributed by atoms with Crippen molar-refractivity contribution in [3.05, 3.63) is 179 Å². The van der Waals surface area contributed by atoms with Crippen LogP contribution in [0.1, 0.15) is 43.0 Å². The molecular formula is C43H39BrO6. The maximum absolute atomic E-state index is 11.2. The van der Waals surface area contributed by atoms with E-state index in [1.165, 1.54) is 23.8 Å². The fourth-order valence-corrected chi connectivity index (χ4v) is 5.34. The number of phenolic OH excluding ortho intramolecular Hbond substituents is 1. The van der Waals surface area contributed by atoms with Crippen molar-refractivity contribution in [1.29, 1.82) is 0 Å². The molecule has 2 N–H and O–H groups in total. The van der Waals surface area contributed by atoms with E-state index in [0.29, 0.717) is 28.0 Å². The van der Waals surface area contributed by atoms with Crippen LogP contribution < -0.4 is 4.74 Å². The number of phenols is 1. The SMILES string of the molecule is COC(=O)c1ccccc1CBr.Cc1ccc(-c2ccc(O)cc2)cc1.Cc1ccc(-c2ccc(OCc3ccccc3C(=O)O)cc2)cc1. The number of carbonyl (C=O) groups is 2. The van der Waals surface area contributed by atoms with E-state index in [4.69, 9.17) is 9.84 Å². The van der Waals surface area contributed by atoms with Gasteiger partial charge in [-0.1, -0.05) is 136 Å². The van der Waals surface area contributed by atoms with Crippen molar-refractivity contribution in [3.8, 4) is 33.8 Å². The maximum Gasteiger partial charge on any atom is 0.338 e. The summed E-state index contributed by atoms with van der Waals surface area (Å²) in [6.07, 6.45) is 0. The molecule has 50 heavy (non-hydrogen) atoms. The number of carboxylic acid groups (broad SMARTS) is 1. The van der Waals surface area contributed by atoms with Gasteiger partial charge < -0.3 is 19.7 Å². The Labute approximate surface area is 301 Å². The first-order valence-electron chi connectivity index (χ1n) is 15.9. The zero-order valence-corrected chi connectivity index (χ0v) is 29.8. The van der Waals surface area contributed by atoms with Crippen LogP contribution in [0.5, 0.6) is 11.5 Å². The van der Waals surface area contributed by atoms with Crippen LogP contribution in [0, 0.1) is 13.8 Å². The lowest BCUT2D eigenvalue weighted by molar-refractivity contribution is 0.0599. The highest BCUT2D eigenvalue weighted by molar-refractivity contribution is 9.08. The van der Waals surface area contributed by atoms with Crippen LogP contribution in [0.4, 0.5) is 0 Å². The zero-order chi connectivity index (χ0) is 35.9. The van der Waals surface area contributed by atoms with Gasteiger partial charge in [-0.15, -0.1) is 0 Å². The van der Waals surface area contributed by atoms with Gasteiger partial charge in [0, 0.05) is 10.9 Å². The fraction of sp³-hybridized carbons (Fsp3) is 0.116. The van der Waals surface area contributed by atoms with Crippen molar-refractivity contribution in [1.82, 2.24) is 0 Å². The molecule has 6 aromatic carbocycles. The number of alkyl halides is 1. The summed E-state index contributed by atoms with van der Waals surface area (Å²) in [4.78, 5) is 22.4. The molecule has 0 saturated heterocycles. The van der Waals surface area contributed by atoms with Crippen LogP contribution >= 0.6 is 15.9 Å². The Morgan fingerprint density at radius 1 is 0.580 bits per heavy atom. The second-order valence-electron chi connectivity index (χ2n) is 11.3. The quantitative estimate of drug-likeness (QED) is 0.120. The number of carbonyl (C=O) groups excluding carboxylic acids is 1. The second kappa shape index (κ2) is 18.8. The minimum atomic E-state index is -0.941. The largest absolute Gasteiger partial charge is 0.508 e. The Kier molecular flexibility index (Phi) is 14.0. The van der Waals surface area contributed by atoms with Crippen molar-refractivity contribution in [2.45, 2.75) is 25.8 Å². The van der Waals surface area contributed by atoms with E-state index in [2.05, 4.69) is 83.0 Å². The van der Waals surface area contributed by atoms with Gasteiger partial charge in [-0.25, -0.2) is 9.59 Å². The van der Waals surface area contributed by atoms with E-state index in [0.717, 1.165) is 22.3 Å². The molecule has 0 atom stereocenters. The summed E-state index contributed by atoms with van der Waals surface area (Å²) in [5.41, 5.74) is 9.57. The van der Waals surface area contributed by atoms with Crippen LogP contribution in [0.25, 0.3) is 22.3 Å². The van der Waals surface area contributed by atoms with Gasteiger partial charge in [-0.2, -0.15) is 0 Å². The third-order valence-electron chi connectivity index (χ3n) is 7.70. The molecular weight excluding hydrogens is 692 g/mol. The van der Waals surface area contributed by atoms with Gasteiger partial charge in [0.1, 0.15) is 18.1 Å². The highest BCUT2D eigenvalue weighted by atomic mass is 79.9. The van der Waals surface area contributed by atoms with Crippen LogP contribution in [0.15, 0.2) is 146 Å². The lowest BCUT2D eigenvalue weighted by atomic mass is 10.0. The van der Waals surface area contributed by atoms with Crippen molar-refractivity contribution < 1.29 is 29.3 Å². The minimum Gasteiger partial charge on any atom is -0.508 e. The van der Waals surface area contributed by atoms with E-state index in [9.17, 15) is 14.7 Å². The van der Waals surface area contributed by atoms with E-state index in [-0.39, 0.29) is 18.1 Å². The Morgan fingerprint density at radius 2 is 1.00 bits per heavy atom. The van der Waals surface area contributed by atoms with Crippen molar-refractivity contribution in [2.24, 2.45) is 0 Å². The topological polar surface area (TPSA) is 93.1 Å². The number of esters is 1. The number of halogens is 1. The summed E-state index contributed by atoms with van der Waals surface area (Å²) in [5, 5.41) is 19.0. The molecule has 0 aliphatic heterocycles. The van der Waals surface area contributed by atoms with Gasteiger partial charge >= 0.3 is 11.9 Å². The summed E-state index contributed by atoms with van der Waals surface area (Å²) in [6.45, 7) is 4.36. The molecule has 0 spiro atoms. The van der Waals surface area contributed by atoms with E-state index in [1.54, 1.807) is 36.4 Å². The Morgan fingerprint density at radius 3 is 1.46 bits per heavy atom. The summed E-state index contributed by atoms with van der Waals surface area (Å²) >= 11 is 3.30.